The Kier molecular flexibility index (Phi) is 47.8. The summed E-state index contributed by atoms with van der Waals surface area (Å²) in [4.78, 5) is 37.8. The summed E-state index contributed by atoms with van der Waals surface area (Å²) < 4.78 is 34.0. The number of carbonyl (C=O) groups is 2. The summed E-state index contributed by atoms with van der Waals surface area (Å²) >= 11 is 0. The lowest BCUT2D eigenvalue weighted by Crippen LogP contribution is -2.37. The first-order valence-corrected chi connectivity index (χ1v) is 28.7. The molecule has 0 saturated heterocycles. The molecule has 0 radical (unpaired) electrons. The number of ether oxygens (including phenoxy) is 2. The van der Waals surface area contributed by atoms with Crippen molar-refractivity contribution in [3.8, 4) is 0 Å². The molecule has 0 rings (SSSR count). The fourth-order valence-corrected chi connectivity index (χ4v) is 7.49. The zero-order valence-electron chi connectivity index (χ0n) is 44.9. The second-order valence-corrected chi connectivity index (χ2v) is 20.3. The molecule has 0 aromatic heterocycles. The zero-order chi connectivity index (χ0) is 51.3. The van der Waals surface area contributed by atoms with E-state index in [1.54, 1.807) is 0 Å². The monoisotopic (exact) mass is 994 g/mol. The number of nitrogens with zero attached hydrogens (tertiary/aromatic N) is 1. The van der Waals surface area contributed by atoms with Crippen LogP contribution in [0.15, 0.2) is 122 Å². The molecule has 0 bridgehead atoms. The van der Waals surface area contributed by atoms with E-state index in [-0.39, 0.29) is 26.1 Å². The van der Waals surface area contributed by atoms with Crippen molar-refractivity contribution in [2.45, 2.75) is 200 Å². The van der Waals surface area contributed by atoms with Crippen molar-refractivity contribution in [1.82, 2.24) is 0 Å². The van der Waals surface area contributed by atoms with Crippen molar-refractivity contribution < 1.29 is 42.1 Å². The Labute approximate surface area is 428 Å². The SMILES string of the molecule is CC/C=C\C/C=C\C/C=C\C/C=C\C/C=C\C/C=C\C/C=C\C/C=C\CCCCC(=O)OC(COC(=O)CCCCCCCCCCC/C=C\C/C=C\CCCCC)COP(=O)([O-])OCC[N+](C)(C)C. The van der Waals surface area contributed by atoms with E-state index < -0.39 is 32.5 Å². The Morgan fingerprint density at radius 3 is 1.24 bits per heavy atom. The number of likely N-dealkylation sites (N-methyl/N-ethyl adjacent to an activating group) is 1. The molecule has 0 aliphatic heterocycles. The maximum Gasteiger partial charge on any atom is 0.306 e. The zero-order valence-corrected chi connectivity index (χ0v) is 45.8. The van der Waals surface area contributed by atoms with E-state index in [0.29, 0.717) is 23.9 Å². The third-order valence-electron chi connectivity index (χ3n) is 11.0. The molecule has 0 fully saturated rings. The fraction of sp³-hybridized carbons (Fsp3) is 0.633. The fourth-order valence-electron chi connectivity index (χ4n) is 6.76. The summed E-state index contributed by atoms with van der Waals surface area (Å²) in [7, 11) is 1.11. The molecule has 0 aromatic rings. The van der Waals surface area contributed by atoms with Crippen LogP contribution in [0.4, 0.5) is 0 Å². The van der Waals surface area contributed by atoms with Gasteiger partial charge in [0, 0.05) is 12.8 Å². The average molecular weight is 994 g/mol. The summed E-state index contributed by atoms with van der Waals surface area (Å²) in [5, 5.41) is 0. The Bertz CT molecular complexity index is 1590. The quantitative estimate of drug-likeness (QED) is 0.0195. The maximum absolute atomic E-state index is 12.8. The molecule has 398 valence electrons. The van der Waals surface area contributed by atoms with Gasteiger partial charge in [-0.25, -0.2) is 0 Å². The van der Waals surface area contributed by atoms with Crippen molar-refractivity contribution in [2.24, 2.45) is 0 Å². The first-order valence-electron chi connectivity index (χ1n) is 27.2. The highest BCUT2D eigenvalue weighted by Crippen LogP contribution is 2.38. The Morgan fingerprint density at radius 2 is 0.814 bits per heavy atom. The van der Waals surface area contributed by atoms with Gasteiger partial charge >= 0.3 is 11.9 Å². The molecule has 10 heteroatoms. The smallest absolute Gasteiger partial charge is 0.306 e. The van der Waals surface area contributed by atoms with Gasteiger partial charge in [-0.05, 0) is 109 Å². The first-order chi connectivity index (χ1) is 34.0. The molecule has 0 amide bonds. The van der Waals surface area contributed by atoms with Crippen molar-refractivity contribution in [1.29, 1.82) is 0 Å². The maximum atomic E-state index is 12.8. The minimum atomic E-state index is -4.66. The Balaban J connectivity index is 4.36. The lowest BCUT2D eigenvalue weighted by atomic mass is 10.1. The predicted octanol–water partition coefficient (Wildman–Crippen LogP) is 16.2. The highest BCUT2D eigenvalue weighted by Gasteiger charge is 2.21. The molecule has 9 nitrogen and oxygen atoms in total. The molecule has 0 aliphatic carbocycles. The summed E-state index contributed by atoms with van der Waals surface area (Å²) in [6, 6.07) is 0. The van der Waals surface area contributed by atoms with Gasteiger partial charge in [-0.3, -0.25) is 14.2 Å². The number of carbonyl (C=O) groups excluding carboxylic acids is 2. The van der Waals surface area contributed by atoms with Gasteiger partial charge in [0.15, 0.2) is 6.10 Å². The predicted molar refractivity (Wildman–Crippen MR) is 295 cm³/mol. The van der Waals surface area contributed by atoms with Crippen LogP contribution in [0.3, 0.4) is 0 Å². The van der Waals surface area contributed by atoms with Crippen LogP contribution in [-0.2, 0) is 32.7 Å². The second kappa shape index (κ2) is 50.4. The van der Waals surface area contributed by atoms with Gasteiger partial charge in [0.1, 0.15) is 19.8 Å². The molecule has 2 atom stereocenters. The molecular formula is C60H100NO8P. The summed E-state index contributed by atoms with van der Waals surface area (Å²) in [5.74, 6) is -0.899. The molecule has 0 N–H and O–H groups in total. The molecule has 0 spiro atoms. The highest BCUT2D eigenvalue weighted by atomic mass is 31.2. The van der Waals surface area contributed by atoms with E-state index in [9.17, 15) is 19.0 Å². The third-order valence-corrected chi connectivity index (χ3v) is 11.9. The van der Waals surface area contributed by atoms with Gasteiger partial charge < -0.3 is 27.9 Å². The largest absolute Gasteiger partial charge is 0.756 e. The number of allylic oxidation sites excluding steroid dienone is 20. The number of quaternary nitrogens is 1. The van der Waals surface area contributed by atoms with Crippen LogP contribution in [-0.4, -0.2) is 70.0 Å². The molecule has 0 heterocycles. The number of phosphoric ester groups is 1. The van der Waals surface area contributed by atoms with Gasteiger partial charge in [0.05, 0.1) is 27.7 Å². The van der Waals surface area contributed by atoms with E-state index in [2.05, 4.69) is 135 Å². The van der Waals surface area contributed by atoms with E-state index in [4.69, 9.17) is 18.5 Å². The molecule has 0 aliphatic rings. The molecular weight excluding hydrogens is 894 g/mol. The standard InChI is InChI=1S/C60H100NO8P/c1-6-8-10-12-14-16-18-20-22-24-26-27-28-29-30-31-32-33-35-37-39-41-43-45-47-49-51-53-60(63)69-58(57-68-70(64,65)67-55-54-61(3,4)5)56-66-59(62)52-50-48-46-44-42-40-38-36-34-25-23-21-19-17-15-13-11-9-7-2/h8,10,14-17,20-23,26-27,29-30,32-33,37,39,43,45,58H,6-7,9,11-13,18-19,24-25,28,31,34-36,38,40-42,44,46-57H2,1-5H3/b10-8-,16-14-,17-15-,22-20-,23-21-,27-26-,30-29-,33-32-,39-37-,45-43-. The van der Waals surface area contributed by atoms with Crippen LogP contribution in [0.2, 0.25) is 0 Å². The van der Waals surface area contributed by atoms with Gasteiger partial charge in [-0.1, -0.05) is 193 Å². The van der Waals surface area contributed by atoms with E-state index >= 15 is 0 Å². The molecule has 70 heavy (non-hydrogen) atoms. The van der Waals surface area contributed by atoms with Crippen molar-refractivity contribution in [3.05, 3.63) is 122 Å². The molecule has 0 aromatic carbocycles. The van der Waals surface area contributed by atoms with E-state index in [1.165, 1.54) is 57.8 Å². The number of esters is 2. The van der Waals surface area contributed by atoms with Crippen molar-refractivity contribution >= 4 is 19.8 Å². The second-order valence-electron chi connectivity index (χ2n) is 18.9. The van der Waals surface area contributed by atoms with E-state index in [1.807, 2.05) is 21.1 Å². The third kappa shape index (κ3) is 53.8. The summed E-state index contributed by atoms with van der Waals surface area (Å²) in [6.07, 6.45) is 70.9. The van der Waals surface area contributed by atoms with Gasteiger partial charge in [-0.15, -0.1) is 0 Å². The first kappa shape index (κ1) is 66.4. The van der Waals surface area contributed by atoms with Crippen LogP contribution >= 0.6 is 7.82 Å². The lowest BCUT2D eigenvalue weighted by Gasteiger charge is -2.28. The highest BCUT2D eigenvalue weighted by molar-refractivity contribution is 7.45. The number of unbranched alkanes of at least 4 members (excludes halogenated alkanes) is 14. The molecule has 0 saturated carbocycles. The van der Waals surface area contributed by atoms with Gasteiger partial charge in [-0.2, -0.15) is 0 Å². The van der Waals surface area contributed by atoms with Crippen molar-refractivity contribution in [2.75, 3.05) is 47.5 Å². The van der Waals surface area contributed by atoms with Crippen LogP contribution in [0.5, 0.6) is 0 Å². The van der Waals surface area contributed by atoms with Gasteiger partial charge in [0.2, 0.25) is 0 Å². The Morgan fingerprint density at radius 1 is 0.457 bits per heavy atom. The normalized spacial score (nSPS) is 14.3. The van der Waals surface area contributed by atoms with Crippen LogP contribution in [0.1, 0.15) is 194 Å². The van der Waals surface area contributed by atoms with Crippen LogP contribution in [0, 0.1) is 0 Å². The number of phosphoric acid groups is 1. The van der Waals surface area contributed by atoms with E-state index in [0.717, 1.165) is 96.3 Å². The Hall–Kier alpha value is -3.59. The van der Waals surface area contributed by atoms with Gasteiger partial charge in [0.25, 0.3) is 7.82 Å². The average Bonchev–Trinajstić information content (AvgIpc) is 3.32. The summed E-state index contributed by atoms with van der Waals surface area (Å²) in [6.45, 7) is 4.02. The number of rotatable bonds is 48. The van der Waals surface area contributed by atoms with Crippen LogP contribution in [0.25, 0.3) is 0 Å². The summed E-state index contributed by atoms with van der Waals surface area (Å²) in [5.41, 5.74) is 0. The van der Waals surface area contributed by atoms with Crippen LogP contribution < -0.4 is 4.89 Å². The molecule has 2 unspecified atom stereocenters. The lowest BCUT2D eigenvalue weighted by molar-refractivity contribution is -0.870. The minimum absolute atomic E-state index is 0.0473. The van der Waals surface area contributed by atoms with Crippen molar-refractivity contribution in [3.63, 3.8) is 0 Å². The minimum Gasteiger partial charge on any atom is -0.756 e. The number of hydrogen-bond donors (Lipinski definition) is 0. The topological polar surface area (TPSA) is 111 Å². The number of hydrogen-bond acceptors (Lipinski definition) is 8.